The summed E-state index contributed by atoms with van der Waals surface area (Å²) >= 11 is 1.47. The number of hydrogen-bond acceptors (Lipinski definition) is 2. The Labute approximate surface area is 177 Å². The fourth-order valence-corrected chi connectivity index (χ4v) is 5.35. The molecule has 3 aromatic rings. The number of fused-ring (bicyclic) bond motifs is 1. The monoisotopic (exact) mass is 427 g/mol. The number of para-hydroxylation sites is 1. The van der Waals surface area contributed by atoms with Gasteiger partial charge in [0.25, 0.3) is 0 Å². The van der Waals surface area contributed by atoms with Crippen molar-refractivity contribution in [3.8, 4) is 0 Å². The minimum atomic E-state index is -4.42. The molecular weight excluding hydrogens is 407 g/mol. The lowest BCUT2D eigenvalue weighted by Gasteiger charge is -2.28. The predicted octanol–water partition coefficient (Wildman–Crippen LogP) is 6.05. The van der Waals surface area contributed by atoms with Gasteiger partial charge in [0, 0.05) is 30.5 Å². The number of alkyl halides is 3. The summed E-state index contributed by atoms with van der Waals surface area (Å²) < 4.78 is 38.8. The van der Waals surface area contributed by atoms with Crippen LogP contribution in [0.3, 0.4) is 0 Å². The lowest BCUT2D eigenvalue weighted by molar-refractivity contribution is -0.137. The third-order valence-electron chi connectivity index (χ3n) is 5.39. The second-order valence-electron chi connectivity index (χ2n) is 7.36. The van der Waals surface area contributed by atoms with Crippen LogP contribution in [0.4, 0.5) is 18.9 Å². The fraction of sp³-hybridized carbons (Fsp3) is 0.208. The summed E-state index contributed by atoms with van der Waals surface area (Å²) in [5.41, 5.74) is 2.50. The smallest absolute Gasteiger partial charge is 0.314 e. The van der Waals surface area contributed by atoms with Crippen molar-refractivity contribution in [3.63, 3.8) is 0 Å². The van der Waals surface area contributed by atoms with Gasteiger partial charge in [-0.15, -0.1) is 11.8 Å². The van der Waals surface area contributed by atoms with Crippen LogP contribution in [-0.2, 0) is 27.9 Å². The minimum absolute atomic E-state index is 0.109. The highest BCUT2D eigenvalue weighted by atomic mass is 32.2. The maximum absolute atomic E-state index is 13.5. The Hall–Kier alpha value is -2.73. The Balaban J connectivity index is 1.76. The number of rotatable bonds is 5. The van der Waals surface area contributed by atoms with Gasteiger partial charge in [0.1, 0.15) is 4.75 Å². The summed E-state index contributed by atoms with van der Waals surface area (Å²) in [5.74, 6) is 0.468. The van der Waals surface area contributed by atoms with Crippen molar-refractivity contribution in [2.24, 2.45) is 0 Å². The Morgan fingerprint density at radius 2 is 1.57 bits per heavy atom. The van der Waals surface area contributed by atoms with Gasteiger partial charge in [0.05, 0.1) is 5.56 Å². The average Bonchev–Trinajstić information content (AvgIpc) is 2.95. The van der Waals surface area contributed by atoms with E-state index >= 15 is 0 Å². The van der Waals surface area contributed by atoms with Gasteiger partial charge in [-0.25, -0.2) is 0 Å². The third kappa shape index (κ3) is 3.72. The highest BCUT2D eigenvalue weighted by molar-refractivity contribution is 8.00. The number of likely N-dealkylation sites (N-methyl/N-ethyl adjacent to an activating group) is 1. The zero-order valence-corrected chi connectivity index (χ0v) is 17.1. The normalized spacial score (nSPS) is 18.5. The van der Waals surface area contributed by atoms with Crippen LogP contribution in [0, 0.1) is 0 Å². The van der Waals surface area contributed by atoms with Crippen LogP contribution in [0.2, 0.25) is 0 Å². The molecule has 0 saturated heterocycles. The van der Waals surface area contributed by atoms with Crippen LogP contribution in [-0.4, -0.2) is 13.0 Å². The van der Waals surface area contributed by atoms with E-state index in [-0.39, 0.29) is 12.3 Å². The highest BCUT2D eigenvalue weighted by Crippen LogP contribution is 2.51. The van der Waals surface area contributed by atoms with Crippen LogP contribution in [0.5, 0.6) is 0 Å². The fourth-order valence-electron chi connectivity index (χ4n) is 3.89. The first-order valence-electron chi connectivity index (χ1n) is 9.53. The zero-order chi connectivity index (χ0) is 21.4. The van der Waals surface area contributed by atoms with E-state index in [0.29, 0.717) is 11.3 Å². The Kier molecular flexibility index (Phi) is 5.36. The second kappa shape index (κ2) is 7.84. The third-order valence-corrected chi connectivity index (χ3v) is 6.90. The van der Waals surface area contributed by atoms with E-state index in [1.807, 2.05) is 54.6 Å². The average molecular weight is 427 g/mol. The van der Waals surface area contributed by atoms with Crippen molar-refractivity contribution in [2.45, 2.75) is 23.1 Å². The molecule has 1 amide bonds. The molecule has 0 spiro atoms. The van der Waals surface area contributed by atoms with Gasteiger partial charge in [-0.1, -0.05) is 66.7 Å². The number of nitrogens with zero attached hydrogens (tertiary/aromatic N) is 1. The van der Waals surface area contributed by atoms with E-state index in [1.54, 1.807) is 18.0 Å². The van der Waals surface area contributed by atoms with Gasteiger partial charge >= 0.3 is 6.18 Å². The molecule has 1 aliphatic rings. The molecule has 6 heteroatoms. The lowest BCUT2D eigenvalue weighted by atomic mass is 9.91. The molecule has 1 heterocycles. The van der Waals surface area contributed by atoms with E-state index in [1.165, 1.54) is 17.8 Å². The van der Waals surface area contributed by atoms with Gasteiger partial charge < -0.3 is 4.90 Å². The molecule has 0 aromatic heterocycles. The second-order valence-corrected chi connectivity index (χ2v) is 8.63. The molecule has 0 bridgehead atoms. The van der Waals surface area contributed by atoms with E-state index in [0.717, 1.165) is 28.9 Å². The highest BCUT2D eigenvalue weighted by Gasteiger charge is 2.50. The summed E-state index contributed by atoms with van der Waals surface area (Å²) in [6.45, 7) is 0. The van der Waals surface area contributed by atoms with Crippen molar-refractivity contribution in [2.75, 3.05) is 11.9 Å². The van der Waals surface area contributed by atoms with Gasteiger partial charge in [-0.05, 0) is 23.3 Å². The molecule has 0 fully saturated rings. The van der Waals surface area contributed by atoms with Gasteiger partial charge in [0.15, 0.2) is 0 Å². The van der Waals surface area contributed by atoms with E-state index in [2.05, 4.69) is 0 Å². The largest absolute Gasteiger partial charge is 0.416 e. The van der Waals surface area contributed by atoms with Crippen molar-refractivity contribution in [1.29, 1.82) is 0 Å². The number of amides is 1. The molecule has 30 heavy (non-hydrogen) atoms. The van der Waals surface area contributed by atoms with Crippen LogP contribution in [0.15, 0.2) is 78.9 Å². The Morgan fingerprint density at radius 3 is 2.30 bits per heavy atom. The summed E-state index contributed by atoms with van der Waals surface area (Å²) in [6.07, 6.45) is -4.23. The van der Waals surface area contributed by atoms with Gasteiger partial charge in [0.2, 0.25) is 5.91 Å². The van der Waals surface area contributed by atoms with Crippen LogP contribution in [0.25, 0.3) is 0 Å². The Morgan fingerprint density at radius 1 is 0.900 bits per heavy atom. The lowest BCUT2D eigenvalue weighted by Crippen LogP contribution is -2.38. The summed E-state index contributed by atoms with van der Waals surface area (Å²) in [5, 5.41) is 0. The number of carbonyl (C=O) groups excluding carboxylic acids is 1. The molecule has 0 radical (unpaired) electrons. The molecule has 2 nitrogen and oxygen atoms in total. The van der Waals surface area contributed by atoms with Crippen molar-refractivity contribution >= 4 is 23.4 Å². The van der Waals surface area contributed by atoms with Crippen molar-refractivity contribution < 1.29 is 18.0 Å². The summed E-state index contributed by atoms with van der Waals surface area (Å²) in [7, 11) is 1.72. The number of halogens is 3. The number of benzene rings is 3. The molecule has 0 N–H and O–H groups in total. The molecule has 0 aliphatic carbocycles. The van der Waals surface area contributed by atoms with Crippen LogP contribution < -0.4 is 4.90 Å². The molecule has 4 rings (SSSR count). The molecule has 0 unspecified atom stereocenters. The molecule has 154 valence electrons. The SMILES string of the molecule is CN1C(=O)[C@@](Cc2cccc(C(F)(F)F)c2)(SCc2ccccc2)c2ccccc21. The van der Waals surface area contributed by atoms with Gasteiger partial charge in [-0.3, -0.25) is 4.79 Å². The number of anilines is 1. The molecule has 3 aromatic carbocycles. The van der Waals surface area contributed by atoms with Crippen molar-refractivity contribution in [3.05, 3.63) is 101 Å². The number of carbonyl (C=O) groups is 1. The first-order chi connectivity index (χ1) is 14.3. The summed E-state index contributed by atoms with van der Waals surface area (Å²) in [6, 6.07) is 22.6. The molecule has 0 saturated carbocycles. The number of thioether (sulfide) groups is 1. The van der Waals surface area contributed by atoms with Gasteiger partial charge in [-0.2, -0.15) is 13.2 Å². The van der Waals surface area contributed by atoms with Crippen LogP contribution in [0.1, 0.15) is 22.3 Å². The zero-order valence-electron chi connectivity index (χ0n) is 16.3. The molecule has 1 aliphatic heterocycles. The maximum Gasteiger partial charge on any atom is 0.416 e. The van der Waals surface area contributed by atoms with Crippen LogP contribution >= 0.6 is 11.8 Å². The first kappa shape index (κ1) is 20.5. The predicted molar refractivity (Wildman–Crippen MR) is 114 cm³/mol. The number of hydrogen-bond donors (Lipinski definition) is 0. The molecular formula is C24H20F3NOS. The first-order valence-corrected chi connectivity index (χ1v) is 10.5. The minimum Gasteiger partial charge on any atom is -0.314 e. The topological polar surface area (TPSA) is 20.3 Å². The quantitative estimate of drug-likeness (QED) is 0.494. The standard InChI is InChI=1S/C24H20F3NOS/c1-28-21-13-6-5-12-20(21)23(22(28)29,30-16-17-8-3-2-4-9-17)15-18-10-7-11-19(14-18)24(25,26)27/h2-14H,15-16H2,1H3/t23-/m0/s1. The maximum atomic E-state index is 13.5. The Bertz CT molecular complexity index is 1070. The molecule has 1 atom stereocenters. The summed E-state index contributed by atoms with van der Waals surface area (Å²) in [4.78, 5) is 15.1. The van der Waals surface area contributed by atoms with Crippen molar-refractivity contribution in [1.82, 2.24) is 0 Å². The van der Waals surface area contributed by atoms with E-state index < -0.39 is 16.5 Å². The van der Waals surface area contributed by atoms with E-state index in [4.69, 9.17) is 0 Å². The van der Waals surface area contributed by atoms with E-state index in [9.17, 15) is 18.0 Å².